The summed E-state index contributed by atoms with van der Waals surface area (Å²) in [5, 5.41) is 2.74. The van der Waals surface area contributed by atoms with Gasteiger partial charge in [0.25, 0.3) is 0 Å². The number of unbranched alkanes of at least 4 members (excludes halogenated alkanes) is 2. The van der Waals surface area contributed by atoms with Crippen LogP contribution in [0.1, 0.15) is 49.9 Å². The van der Waals surface area contributed by atoms with E-state index in [0.717, 1.165) is 19.3 Å². The third-order valence-corrected chi connectivity index (χ3v) is 5.46. The Bertz CT molecular complexity index is 673. The third-order valence-electron chi connectivity index (χ3n) is 3.97. The first-order valence-corrected chi connectivity index (χ1v) is 9.60. The molecule has 1 fully saturated rings. The number of rotatable bonds is 8. The van der Waals surface area contributed by atoms with Crippen LogP contribution in [0.25, 0.3) is 0 Å². The minimum atomic E-state index is -0.0762. The second-order valence-electron chi connectivity index (χ2n) is 6.01. The number of hydrogen-bond acceptors (Lipinski definition) is 5. The van der Waals surface area contributed by atoms with Crippen molar-refractivity contribution in [2.24, 2.45) is 0 Å². The molecule has 0 saturated carbocycles. The van der Waals surface area contributed by atoms with Crippen molar-refractivity contribution >= 4 is 51.6 Å². The lowest BCUT2D eigenvalue weighted by Gasteiger charge is -2.14. The first-order valence-electron chi connectivity index (χ1n) is 8.31. The zero-order chi connectivity index (χ0) is 18.4. The molecule has 0 aromatic heterocycles. The van der Waals surface area contributed by atoms with E-state index < -0.39 is 0 Å². The molecule has 2 amide bonds. The summed E-state index contributed by atoms with van der Waals surface area (Å²) < 4.78 is 0.657. The van der Waals surface area contributed by atoms with E-state index in [4.69, 9.17) is 12.2 Å². The smallest absolute Gasteiger partial charge is 0.241 e. The van der Waals surface area contributed by atoms with Crippen molar-refractivity contribution in [1.82, 2.24) is 4.90 Å². The standard InChI is InChI=1S/C18H22N2O3S2/c1-12(21)14-7-9-15(10-8-14)19-16(22)6-4-3-5-11-20-17(23)13(2)25-18(20)24/h7-10,13H,3-6,11H2,1-2H3,(H,19,22). The molecule has 0 radical (unpaired) electrons. The Morgan fingerprint density at radius 3 is 2.44 bits per heavy atom. The number of thiocarbonyl (C=S) groups is 1. The summed E-state index contributed by atoms with van der Waals surface area (Å²) in [7, 11) is 0. The van der Waals surface area contributed by atoms with Gasteiger partial charge in [-0.3, -0.25) is 19.3 Å². The lowest BCUT2D eigenvalue weighted by molar-refractivity contribution is -0.125. The SMILES string of the molecule is CC(=O)c1ccc(NC(=O)CCCCCN2C(=O)C(C)SC2=S)cc1. The van der Waals surface area contributed by atoms with E-state index in [1.165, 1.54) is 18.7 Å². The van der Waals surface area contributed by atoms with Crippen LogP contribution in [0.3, 0.4) is 0 Å². The zero-order valence-corrected chi connectivity index (χ0v) is 16.0. The van der Waals surface area contributed by atoms with E-state index >= 15 is 0 Å². The van der Waals surface area contributed by atoms with E-state index in [1.807, 2.05) is 6.92 Å². The van der Waals surface area contributed by atoms with Crippen molar-refractivity contribution in [3.05, 3.63) is 29.8 Å². The van der Waals surface area contributed by atoms with Crippen LogP contribution in [0.2, 0.25) is 0 Å². The minimum absolute atomic E-state index is 0.00151. The van der Waals surface area contributed by atoms with Gasteiger partial charge >= 0.3 is 0 Å². The number of thioether (sulfide) groups is 1. The van der Waals surface area contributed by atoms with Gasteiger partial charge in [-0.1, -0.05) is 30.4 Å². The number of hydrogen-bond donors (Lipinski definition) is 1. The number of ketones is 1. The summed E-state index contributed by atoms with van der Waals surface area (Å²) in [4.78, 5) is 36.7. The van der Waals surface area contributed by atoms with Crippen LogP contribution < -0.4 is 5.32 Å². The molecule has 1 unspecified atom stereocenters. The first-order chi connectivity index (χ1) is 11.9. The minimum Gasteiger partial charge on any atom is -0.326 e. The summed E-state index contributed by atoms with van der Waals surface area (Å²) in [6.07, 6.45) is 2.88. The molecule has 1 aliphatic heterocycles. The molecule has 134 valence electrons. The van der Waals surface area contributed by atoms with Crippen LogP contribution in [0.15, 0.2) is 24.3 Å². The lowest BCUT2D eigenvalue weighted by atomic mass is 10.1. The maximum atomic E-state index is 11.9. The van der Waals surface area contributed by atoms with Crippen molar-refractivity contribution in [2.75, 3.05) is 11.9 Å². The highest BCUT2D eigenvalue weighted by atomic mass is 32.2. The van der Waals surface area contributed by atoms with Gasteiger partial charge in [0.2, 0.25) is 11.8 Å². The molecule has 1 saturated heterocycles. The molecule has 1 aromatic rings. The molecule has 0 spiro atoms. The Morgan fingerprint density at radius 2 is 1.88 bits per heavy atom. The fourth-order valence-electron chi connectivity index (χ4n) is 2.52. The fraction of sp³-hybridized carbons (Fsp3) is 0.444. The van der Waals surface area contributed by atoms with Gasteiger partial charge in [-0.2, -0.15) is 0 Å². The maximum absolute atomic E-state index is 11.9. The van der Waals surface area contributed by atoms with Crippen molar-refractivity contribution in [3.8, 4) is 0 Å². The number of Topliss-reactive ketones (excluding diaryl/α,β-unsaturated/α-hetero) is 1. The second kappa shape index (κ2) is 9.10. The van der Waals surface area contributed by atoms with Gasteiger partial charge in [0, 0.05) is 24.2 Å². The Balaban J connectivity index is 1.65. The molecule has 1 aliphatic rings. The van der Waals surface area contributed by atoms with Gasteiger partial charge in [-0.05, 0) is 51.0 Å². The quantitative estimate of drug-likeness (QED) is 0.425. The summed E-state index contributed by atoms with van der Waals surface area (Å²) in [5.74, 6) is 0.0379. The number of carbonyl (C=O) groups excluding carboxylic acids is 3. The summed E-state index contributed by atoms with van der Waals surface area (Å²) >= 11 is 6.63. The summed E-state index contributed by atoms with van der Waals surface area (Å²) in [6, 6.07) is 6.86. The molecule has 0 bridgehead atoms. The predicted molar refractivity (Wildman–Crippen MR) is 105 cm³/mol. The molecule has 1 atom stereocenters. The van der Waals surface area contributed by atoms with E-state index in [0.29, 0.717) is 28.5 Å². The highest BCUT2D eigenvalue weighted by Gasteiger charge is 2.32. The zero-order valence-electron chi connectivity index (χ0n) is 14.4. The molecular formula is C18H22N2O3S2. The Hall–Kier alpha value is -1.73. The molecule has 1 heterocycles. The van der Waals surface area contributed by atoms with Crippen LogP contribution in [-0.2, 0) is 9.59 Å². The van der Waals surface area contributed by atoms with E-state index in [2.05, 4.69) is 5.32 Å². The van der Waals surface area contributed by atoms with Gasteiger partial charge in [0.15, 0.2) is 5.78 Å². The number of nitrogens with one attached hydrogen (secondary N) is 1. The first kappa shape index (κ1) is 19.6. The largest absolute Gasteiger partial charge is 0.326 e. The van der Waals surface area contributed by atoms with Crippen molar-refractivity contribution in [2.45, 2.75) is 44.8 Å². The molecule has 1 N–H and O–H groups in total. The van der Waals surface area contributed by atoms with Gasteiger partial charge in [0.05, 0.1) is 5.25 Å². The fourth-order valence-corrected chi connectivity index (χ4v) is 3.97. The number of carbonyl (C=O) groups is 3. The van der Waals surface area contributed by atoms with Crippen molar-refractivity contribution in [1.29, 1.82) is 0 Å². The normalized spacial score (nSPS) is 17.0. The van der Waals surface area contributed by atoms with Crippen LogP contribution in [-0.4, -0.2) is 38.6 Å². The molecule has 0 aliphatic carbocycles. The number of amides is 2. The molecule has 7 heteroatoms. The molecule has 1 aromatic carbocycles. The predicted octanol–water partition coefficient (Wildman–Crippen LogP) is 3.64. The monoisotopic (exact) mass is 378 g/mol. The van der Waals surface area contributed by atoms with Gasteiger partial charge < -0.3 is 5.32 Å². The number of anilines is 1. The average molecular weight is 379 g/mol. The molecule has 5 nitrogen and oxygen atoms in total. The summed E-state index contributed by atoms with van der Waals surface area (Å²) in [6.45, 7) is 4.01. The van der Waals surface area contributed by atoms with Gasteiger partial charge in [-0.25, -0.2) is 0 Å². The van der Waals surface area contributed by atoms with E-state index in [-0.39, 0.29) is 22.8 Å². The van der Waals surface area contributed by atoms with E-state index in [9.17, 15) is 14.4 Å². The van der Waals surface area contributed by atoms with Crippen LogP contribution in [0.4, 0.5) is 5.69 Å². The highest BCUT2D eigenvalue weighted by molar-refractivity contribution is 8.24. The van der Waals surface area contributed by atoms with Gasteiger partial charge in [0.1, 0.15) is 4.32 Å². The second-order valence-corrected chi connectivity index (χ2v) is 7.98. The molecule has 25 heavy (non-hydrogen) atoms. The van der Waals surface area contributed by atoms with Crippen molar-refractivity contribution in [3.63, 3.8) is 0 Å². The third kappa shape index (κ3) is 5.64. The van der Waals surface area contributed by atoms with Crippen LogP contribution in [0.5, 0.6) is 0 Å². The van der Waals surface area contributed by atoms with Gasteiger partial charge in [-0.15, -0.1) is 0 Å². The van der Waals surface area contributed by atoms with Crippen LogP contribution >= 0.6 is 24.0 Å². The molecular weight excluding hydrogens is 356 g/mol. The topological polar surface area (TPSA) is 66.5 Å². The Morgan fingerprint density at radius 1 is 1.20 bits per heavy atom. The molecule has 2 rings (SSSR count). The Labute approximate surface area is 157 Å². The maximum Gasteiger partial charge on any atom is 0.241 e. The van der Waals surface area contributed by atoms with Crippen LogP contribution in [0, 0.1) is 0 Å². The average Bonchev–Trinajstić information content (AvgIpc) is 2.81. The number of nitrogens with zero attached hydrogens (tertiary/aromatic N) is 1. The number of benzene rings is 1. The summed E-state index contributed by atoms with van der Waals surface area (Å²) in [5.41, 5.74) is 1.31. The van der Waals surface area contributed by atoms with E-state index in [1.54, 1.807) is 29.2 Å². The van der Waals surface area contributed by atoms with Crippen molar-refractivity contribution < 1.29 is 14.4 Å². The lowest BCUT2D eigenvalue weighted by Crippen LogP contribution is -2.31. The highest BCUT2D eigenvalue weighted by Crippen LogP contribution is 2.27. The Kier molecular flexibility index (Phi) is 7.13.